The van der Waals surface area contributed by atoms with Gasteiger partial charge in [0.25, 0.3) is 0 Å². The fraction of sp³-hybridized carbons (Fsp3) is 0.647. The Morgan fingerprint density at radius 1 is 1.45 bits per heavy atom. The van der Waals surface area contributed by atoms with Gasteiger partial charge in [-0.1, -0.05) is 36.2 Å². The molecular formula is C17H27NOS. The first-order valence-electron chi connectivity index (χ1n) is 7.63. The number of aliphatic hydroxyl groups excluding tert-OH is 1. The molecule has 2 rings (SSSR count). The van der Waals surface area contributed by atoms with E-state index < -0.39 is 0 Å². The zero-order chi connectivity index (χ0) is 14.4. The molecule has 0 aliphatic heterocycles. The van der Waals surface area contributed by atoms with Crippen molar-refractivity contribution >= 4 is 11.8 Å². The predicted molar refractivity (Wildman–Crippen MR) is 88.2 cm³/mol. The minimum absolute atomic E-state index is 0.0100. The van der Waals surface area contributed by atoms with Gasteiger partial charge in [-0.05, 0) is 50.5 Å². The van der Waals surface area contributed by atoms with Crippen LogP contribution in [0.5, 0.6) is 0 Å². The van der Waals surface area contributed by atoms with Crippen LogP contribution in [-0.4, -0.2) is 30.1 Å². The van der Waals surface area contributed by atoms with Crippen molar-refractivity contribution in [1.82, 2.24) is 5.32 Å². The normalized spacial score (nSPS) is 26.1. The predicted octanol–water partition coefficient (Wildman–Crippen LogP) is 3.37. The highest BCUT2D eigenvalue weighted by molar-refractivity contribution is 7.98. The van der Waals surface area contributed by atoms with E-state index in [1.54, 1.807) is 0 Å². The number of aryl methyl sites for hydroxylation is 1. The first kappa shape index (κ1) is 15.9. The summed E-state index contributed by atoms with van der Waals surface area (Å²) in [5.41, 5.74) is 2.75. The van der Waals surface area contributed by atoms with E-state index in [1.807, 2.05) is 18.8 Å². The molecule has 1 saturated carbocycles. The number of likely N-dealkylation sites (N-methyl/N-ethyl adjacent to an activating group) is 1. The highest BCUT2D eigenvalue weighted by atomic mass is 32.2. The standard InChI is InChI=1S/C17H27NOS/c1-14-5-3-6-15(11-14)12-20-10-8-16-7-4-9-17(16,13-19)18-2/h3,5-6,11,16,18-19H,4,7-10,12-13H2,1-2H3. The van der Waals surface area contributed by atoms with Crippen LogP contribution in [0.15, 0.2) is 24.3 Å². The Labute approximate surface area is 127 Å². The molecule has 1 aliphatic carbocycles. The molecule has 0 radical (unpaired) electrons. The molecule has 20 heavy (non-hydrogen) atoms. The molecule has 1 aromatic rings. The number of rotatable bonds is 7. The third-order valence-corrected chi connectivity index (χ3v) is 5.76. The van der Waals surface area contributed by atoms with Gasteiger partial charge < -0.3 is 10.4 Å². The molecule has 0 heterocycles. The minimum Gasteiger partial charge on any atom is -0.394 e. The molecule has 0 saturated heterocycles. The van der Waals surface area contributed by atoms with Gasteiger partial charge in [0.1, 0.15) is 0 Å². The average molecular weight is 293 g/mol. The average Bonchev–Trinajstić information content (AvgIpc) is 2.87. The van der Waals surface area contributed by atoms with E-state index >= 15 is 0 Å². The van der Waals surface area contributed by atoms with Crippen LogP contribution in [0.4, 0.5) is 0 Å². The van der Waals surface area contributed by atoms with Gasteiger partial charge >= 0.3 is 0 Å². The molecule has 2 unspecified atom stereocenters. The lowest BCUT2D eigenvalue weighted by Crippen LogP contribution is -2.49. The Morgan fingerprint density at radius 2 is 2.30 bits per heavy atom. The van der Waals surface area contributed by atoms with E-state index in [2.05, 4.69) is 36.5 Å². The second-order valence-corrected chi connectivity index (χ2v) is 7.09. The van der Waals surface area contributed by atoms with Gasteiger partial charge in [0.05, 0.1) is 6.61 Å². The Bertz CT molecular complexity index is 417. The van der Waals surface area contributed by atoms with E-state index in [-0.39, 0.29) is 12.1 Å². The van der Waals surface area contributed by atoms with E-state index in [9.17, 15) is 5.11 Å². The molecule has 2 atom stereocenters. The number of benzene rings is 1. The molecule has 1 aromatic carbocycles. The lowest BCUT2D eigenvalue weighted by molar-refractivity contribution is 0.130. The lowest BCUT2D eigenvalue weighted by atomic mass is 9.86. The maximum absolute atomic E-state index is 9.68. The maximum atomic E-state index is 9.68. The van der Waals surface area contributed by atoms with Crippen LogP contribution in [0, 0.1) is 12.8 Å². The molecule has 2 N–H and O–H groups in total. The van der Waals surface area contributed by atoms with Gasteiger partial charge in [-0.3, -0.25) is 0 Å². The third-order valence-electron chi connectivity index (χ3n) is 4.70. The van der Waals surface area contributed by atoms with Crippen LogP contribution in [-0.2, 0) is 5.75 Å². The first-order chi connectivity index (χ1) is 9.70. The molecule has 1 aliphatic rings. The second-order valence-electron chi connectivity index (χ2n) is 5.98. The number of hydrogen-bond acceptors (Lipinski definition) is 3. The van der Waals surface area contributed by atoms with Crippen molar-refractivity contribution in [3.8, 4) is 0 Å². The van der Waals surface area contributed by atoms with Crippen LogP contribution < -0.4 is 5.32 Å². The molecular weight excluding hydrogens is 266 g/mol. The van der Waals surface area contributed by atoms with Gasteiger partial charge in [0.2, 0.25) is 0 Å². The third kappa shape index (κ3) is 3.78. The second kappa shape index (κ2) is 7.48. The topological polar surface area (TPSA) is 32.3 Å². The summed E-state index contributed by atoms with van der Waals surface area (Å²) in [4.78, 5) is 0. The number of thioether (sulfide) groups is 1. The fourth-order valence-corrected chi connectivity index (χ4v) is 4.41. The lowest BCUT2D eigenvalue weighted by Gasteiger charge is -2.33. The summed E-state index contributed by atoms with van der Waals surface area (Å²) in [6, 6.07) is 8.77. The van der Waals surface area contributed by atoms with Crippen molar-refractivity contribution in [2.45, 2.75) is 43.9 Å². The number of aliphatic hydroxyl groups is 1. The Morgan fingerprint density at radius 3 is 3.00 bits per heavy atom. The van der Waals surface area contributed by atoms with Crippen molar-refractivity contribution in [1.29, 1.82) is 0 Å². The van der Waals surface area contributed by atoms with E-state index in [1.165, 1.54) is 36.1 Å². The van der Waals surface area contributed by atoms with E-state index in [0.29, 0.717) is 5.92 Å². The van der Waals surface area contributed by atoms with Crippen LogP contribution in [0.3, 0.4) is 0 Å². The molecule has 2 nitrogen and oxygen atoms in total. The summed E-state index contributed by atoms with van der Waals surface area (Å²) in [5.74, 6) is 2.91. The molecule has 3 heteroatoms. The molecule has 0 spiro atoms. The van der Waals surface area contributed by atoms with Gasteiger partial charge in [-0.2, -0.15) is 11.8 Å². The van der Waals surface area contributed by atoms with Crippen LogP contribution in [0.1, 0.15) is 36.8 Å². The van der Waals surface area contributed by atoms with Gasteiger partial charge in [0, 0.05) is 11.3 Å². The zero-order valence-electron chi connectivity index (χ0n) is 12.7. The van der Waals surface area contributed by atoms with Crippen LogP contribution in [0.25, 0.3) is 0 Å². The summed E-state index contributed by atoms with van der Waals surface area (Å²) in [6.07, 6.45) is 4.83. The molecule has 0 amide bonds. The Balaban J connectivity index is 1.76. The van der Waals surface area contributed by atoms with Gasteiger partial charge in [-0.25, -0.2) is 0 Å². The summed E-state index contributed by atoms with van der Waals surface area (Å²) in [6.45, 7) is 2.42. The summed E-state index contributed by atoms with van der Waals surface area (Å²) in [5, 5.41) is 13.1. The minimum atomic E-state index is -0.0100. The first-order valence-corrected chi connectivity index (χ1v) is 8.79. The highest BCUT2D eigenvalue weighted by Crippen LogP contribution is 2.38. The maximum Gasteiger partial charge on any atom is 0.0615 e. The highest BCUT2D eigenvalue weighted by Gasteiger charge is 2.40. The van der Waals surface area contributed by atoms with E-state index in [0.717, 1.165) is 12.2 Å². The van der Waals surface area contributed by atoms with Crippen molar-refractivity contribution in [2.24, 2.45) is 5.92 Å². The van der Waals surface area contributed by atoms with Gasteiger partial charge in [-0.15, -0.1) is 0 Å². The monoisotopic (exact) mass is 293 g/mol. The summed E-state index contributed by atoms with van der Waals surface area (Å²) in [7, 11) is 1.99. The molecule has 0 aromatic heterocycles. The Hall–Kier alpha value is -0.510. The summed E-state index contributed by atoms with van der Waals surface area (Å²) >= 11 is 2.01. The Kier molecular flexibility index (Phi) is 5.94. The number of nitrogens with one attached hydrogen (secondary N) is 1. The largest absolute Gasteiger partial charge is 0.394 e. The molecule has 112 valence electrons. The quantitative estimate of drug-likeness (QED) is 0.756. The SMILES string of the molecule is CNC1(CO)CCCC1CCSCc1cccc(C)c1. The van der Waals surface area contributed by atoms with Crippen molar-refractivity contribution in [3.05, 3.63) is 35.4 Å². The molecule has 0 bridgehead atoms. The van der Waals surface area contributed by atoms with Gasteiger partial charge in [0.15, 0.2) is 0 Å². The van der Waals surface area contributed by atoms with Crippen molar-refractivity contribution in [2.75, 3.05) is 19.4 Å². The van der Waals surface area contributed by atoms with Crippen LogP contribution in [0.2, 0.25) is 0 Å². The number of hydrogen-bond donors (Lipinski definition) is 2. The smallest absolute Gasteiger partial charge is 0.0615 e. The van der Waals surface area contributed by atoms with Crippen molar-refractivity contribution < 1.29 is 5.11 Å². The van der Waals surface area contributed by atoms with Crippen LogP contribution >= 0.6 is 11.8 Å². The zero-order valence-corrected chi connectivity index (χ0v) is 13.5. The summed E-state index contributed by atoms with van der Waals surface area (Å²) < 4.78 is 0. The molecule has 1 fully saturated rings. The fourth-order valence-electron chi connectivity index (χ4n) is 3.40. The van der Waals surface area contributed by atoms with Crippen molar-refractivity contribution in [3.63, 3.8) is 0 Å². The van der Waals surface area contributed by atoms with E-state index in [4.69, 9.17) is 0 Å².